The van der Waals surface area contributed by atoms with Gasteiger partial charge in [-0.05, 0) is 29.4 Å². The van der Waals surface area contributed by atoms with Crippen molar-refractivity contribution in [3.8, 4) is 0 Å². The molecule has 1 heteroatoms. The van der Waals surface area contributed by atoms with E-state index < -0.39 is 0 Å². The van der Waals surface area contributed by atoms with E-state index in [0.29, 0.717) is 0 Å². The van der Waals surface area contributed by atoms with E-state index >= 15 is 0 Å². The summed E-state index contributed by atoms with van der Waals surface area (Å²) in [7, 11) is 0. The third-order valence-electron chi connectivity index (χ3n) is 3.97. The van der Waals surface area contributed by atoms with Crippen molar-refractivity contribution in [2.45, 2.75) is 45.6 Å². The maximum Gasteiger partial charge on any atom is 0.0208 e. The summed E-state index contributed by atoms with van der Waals surface area (Å²) in [4.78, 5) is 0. The highest BCUT2D eigenvalue weighted by molar-refractivity contribution is 5.32. The summed E-state index contributed by atoms with van der Waals surface area (Å²) in [5, 5.41) is 3.54. The molecule has 1 nitrogen and oxygen atoms in total. The van der Waals surface area contributed by atoms with Gasteiger partial charge in [0.05, 0.1) is 0 Å². The Morgan fingerprint density at radius 2 is 2.00 bits per heavy atom. The molecule has 1 atom stereocenters. The second-order valence-electron chi connectivity index (χ2n) is 4.94. The first kappa shape index (κ1) is 11.7. The summed E-state index contributed by atoms with van der Waals surface area (Å²) in [6.07, 6.45) is 3.97. The van der Waals surface area contributed by atoms with Gasteiger partial charge in [-0.3, -0.25) is 0 Å². The van der Waals surface area contributed by atoms with Crippen molar-refractivity contribution in [2.75, 3.05) is 6.54 Å². The van der Waals surface area contributed by atoms with Crippen molar-refractivity contribution in [3.05, 3.63) is 35.4 Å². The maximum absolute atomic E-state index is 3.54. The van der Waals surface area contributed by atoms with Crippen molar-refractivity contribution in [2.24, 2.45) is 5.92 Å². The highest BCUT2D eigenvalue weighted by Crippen LogP contribution is 2.31. The zero-order valence-electron chi connectivity index (χ0n) is 10.5. The molecule has 1 aliphatic rings. The Morgan fingerprint density at radius 1 is 1.25 bits per heavy atom. The maximum atomic E-state index is 3.54. The van der Waals surface area contributed by atoms with Gasteiger partial charge in [0, 0.05) is 13.1 Å². The summed E-state index contributed by atoms with van der Waals surface area (Å²) in [6, 6.07) is 8.93. The largest absolute Gasteiger partial charge is 0.312 e. The van der Waals surface area contributed by atoms with Gasteiger partial charge in [-0.1, -0.05) is 51.0 Å². The summed E-state index contributed by atoms with van der Waals surface area (Å²) in [6.45, 7) is 6.84. The van der Waals surface area contributed by atoms with E-state index in [4.69, 9.17) is 0 Å². The third-order valence-corrected chi connectivity index (χ3v) is 3.97. The van der Waals surface area contributed by atoms with Gasteiger partial charge in [-0.25, -0.2) is 0 Å². The van der Waals surface area contributed by atoms with Crippen LogP contribution < -0.4 is 5.32 Å². The molecule has 2 rings (SSSR count). The van der Waals surface area contributed by atoms with Gasteiger partial charge in [0.15, 0.2) is 0 Å². The molecule has 1 aliphatic heterocycles. The molecule has 1 heterocycles. The summed E-state index contributed by atoms with van der Waals surface area (Å²) >= 11 is 0. The van der Waals surface area contributed by atoms with Crippen LogP contribution >= 0.6 is 0 Å². The van der Waals surface area contributed by atoms with Gasteiger partial charge >= 0.3 is 0 Å². The van der Waals surface area contributed by atoms with E-state index in [2.05, 4.69) is 43.4 Å². The minimum atomic E-state index is 0.731. The normalized spacial score (nSPS) is 19.8. The Labute approximate surface area is 99.3 Å². The van der Waals surface area contributed by atoms with Gasteiger partial charge in [0.25, 0.3) is 0 Å². The molecular weight excluding hydrogens is 194 g/mol. The van der Waals surface area contributed by atoms with Crippen LogP contribution in [0.3, 0.4) is 0 Å². The van der Waals surface area contributed by atoms with Crippen molar-refractivity contribution >= 4 is 0 Å². The standard InChI is InChI=1S/C15H23N/c1-3-12(4-2)9-14-11-16-10-13-7-5-6-8-15(13)14/h5-8,12,14,16H,3-4,9-11H2,1-2H3. The Morgan fingerprint density at radius 3 is 2.75 bits per heavy atom. The molecule has 0 amide bonds. The van der Waals surface area contributed by atoms with E-state index in [9.17, 15) is 0 Å². The van der Waals surface area contributed by atoms with Gasteiger partial charge in [-0.2, -0.15) is 0 Å². The van der Waals surface area contributed by atoms with Gasteiger partial charge in [0.1, 0.15) is 0 Å². The molecule has 16 heavy (non-hydrogen) atoms. The second-order valence-corrected chi connectivity index (χ2v) is 4.94. The first-order valence-corrected chi connectivity index (χ1v) is 6.63. The van der Waals surface area contributed by atoms with Crippen molar-refractivity contribution in [3.63, 3.8) is 0 Å². The van der Waals surface area contributed by atoms with Crippen LogP contribution in [0.1, 0.15) is 50.2 Å². The van der Waals surface area contributed by atoms with E-state index in [0.717, 1.165) is 24.9 Å². The summed E-state index contributed by atoms with van der Waals surface area (Å²) < 4.78 is 0. The minimum Gasteiger partial charge on any atom is -0.312 e. The highest BCUT2D eigenvalue weighted by Gasteiger charge is 2.21. The Hall–Kier alpha value is -0.820. The average molecular weight is 217 g/mol. The van der Waals surface area contributed by atoms with Gasteiger partial charge < -0.3 is 5.32 Å². The molecule has 0 bridgehead atoms. The van der Waals surface area contributed by atoms with Crippen LogP contribution in [0.5, 0.6) is 0 Å². The highest BCUT2D eigenvalue weighted by atomic mass is 14.9. The van der Waals surface area contributed by atoms with Crippen molar-refractivity contribution in [1.82, 2.24) is 5.32 Å². The molecule has 0 radical (unpaired) electrons. The Kier molecular flexibility index (Phi) is 4.00. The van der Waals surface area contributed by atoms with E-state index in [1.54, 1.807) is 5.56 Å². The summed E-state index contributed by atoms with van der Waals surface area (Å²) in [5.74, 6) is 1.62. The number of hydrogen-bond donors (Lipinski definition) is 1. The fourth-order valence-electron chi connectivity index (χ4n) is 2.82. The molecule has 0 saturated heterocycles. The zero-order valence-corrected chi connectivity index (χ0v) is 10.5. The Balaban J connectivity index is 2.12. The van der Waals surface area contributed by atoms with Gasteiger partial charge in [0.2, 0.25) is 0 Å². The lowest BCUT2D eigenvalue weighted by molar-refractivity contribution is 0.386. The third kappa shape index (κ3) is 2.46. The monoisotopic (exact) mass is 217 g/mol. The van der Waals surface area contributed by atoms with E-state index in [1.165, 1.54) is 24.8 Å². The first-order chi connectivity index (χ1) is 7.85. The molecule has 88 valence electrons. The van der Waals surface area contributed by atoms with Gasteiger partial charge in [-0.15, -0.1) is 0 Å². The Bertz CT molecular complexity index is 328. The predicted octanol–water partition coefficient (Wildman–Crippen LogP) is 3.70. The van der Waals surface area contributed by atoms with Crippen LogP contribution in [0.15, 0.2) is 24.3 Å². The summed E-state index contributed by atoms with van der Waals surface area (Å²) in [5.41, 5.74) is 3.10. The molecule has 1 unspecified atom stereocenters. The topological polar surface area (TPSA) is 12.0 Å². The van der Waals surface area contributed by atoms with Crippen LogP contribution in [0.4, 0.5) is 0 Å². The first-order valence-electron chi connectivity index (χ1n) is 6.63. The molecule has 1 aromatic rings. The van der Waals surface area contributed by atoms with Crippen LogP contribution in [0.25, 0.3) is 0 Å². The fraction of sp³-hybridized carbons (Fsp3) is 0.600. The SMILES string of the molecule is CCC(CC)CC1CNCc2ccccc21. The van der Waals surface area contributed by atoms with E-state index in [1.807, 2.05) is 0 Å². The predicted molar refractivity (Wildman–Crippen MR) is 69.6 cm³/mol. The average Bonchev–Trinajstić information content (AvgIpc) is 2.36. The van der Waals surface area contributed by atoms with Crippen molar-refractivity contribution < 1.29 is 0 Å². The zero-order chi connectivity index (χ0) is 11.4. The molecule has 0 spiro atoms. The number of nitrogens with one attached hydrogen (secondary N) is 1. The molecule has 0 fully saturated rings. The fourth-order valence-corrected chi connectivity index (χ4v) is 2.82. The number of hydrogen-bond acceptors (Lipinski definition) is 1. The van der Waals surface area contributed by atoms with Crippen LogP contribution in [-0.4, -0.2) is 6.54 Å². The van der Waals surface area contributed by atoms with Crippen LogP contribution in [-0.2, 0) is 6.54 Å². The number of rotatable bonds is 4. The van der Waals surface area contributed by atoms with E-state index in [-0.39, 0.29) is 0 Å². The number of benzene rings is 1. The lowest BCUT2D eigenvalue weighted by Gasteiger charge is -2.29. The molecule has 0 aliphatic carbocycles. The molecule has 0 aromatic heterocycles. The minimum absolute atomic E-state index is 0.731. The lowest BCUT2D eigenvalue weighted by Crippen LogP contribution is -2.29. The molecule has 0 saturated carbocycles. The van der Waals surface area contributed by atoms with Crippen LogP contribution in [0.2, 0.25) is 0 Å². The second kappa shape index (κ2) is 5.49. The smallest absolute Gasteiger partial charge is 0.0208 e. The number of fused-ring (bicyclic) bond motifs is 1. The molecule has 1 aromatic carbocycles. The van der Waals surface area contributed by atoms with Crippen LogP contribution in [0, 0.1) is 5.92 Å². The molecular formula is C15H23N. The lowest BCUT2D eigenvalue weighted by atomic mass is 9.82. The molecule has 1 N–H and O–H groups in total. The van der Waals surface area contributed by atoms with Crippen molar-refractivity contribution in [1.29, 1.82) is 0 Å². The quantitative estimate of drug-likeness (QED) is 0.811.